The predicted molar refractivity (Wildman–Crippen MR) is 155 cm³/mol. The summed E-state index contributed by atoms with van der Waals surface area (Å²) in [6.07, 6.45) is -0.109. The van der Waals surface area contributed by atoms with Crippen molar-refractivity contribution in [1.29, 1.82) is 0 Å². The van der Waals surface area contributed by atoms with E-state index in [9.17, 15) is 27.6 Å². The number of rotatable bonds is 10. The van der Waals surface area contributed by atoms with Gasteiger partial charge in [-0.05, 0) is 35.4 Å². The van der Waals surface area contributed by atoms with Crippen LogP contribution >= 0.6 is 58.0 Å². The first kappa shape index (κ1) is 32.3. The lowest BCUT2D eigenvalue weighted by molar-refractivity contribution is -0.118. The van der Waals surface area contributed by atoms with Crippen LogP contribution in [-0.2, 0) is 22.4 Å². The first-order chi connectivity index (χ1) is 19.7. The number of ketones is 2. The van der Waals surface area contributed by atoms with Crippen LogP contribution < -0.4 is 5.32 Å². The minimum Gasteiger partial charge on any atom is -0.326 e. The van der Waals surface area contributed by atoms with Crippen LogP contribution in [-0.4, -0.2) is 21.8 Å². The minimum atomic E-state index is -1.62. The van der Waals surface area contributed by atoms with Gasteiger partial charge in [0, 0.05) is 42.5 Å². The Balaban J connectivity index is 1.57. The van der Waals surface area contributed by atoms with Gasteiger partial charge in [-0.2, -0.15) is 0 Å². The molecule has 1 aliphatic carbocycles. The van der Waals surface area contributed by atoms with E-state index in [1.54, 1.807) is 0 Å². The number of Topliss-reactive ketones (excluding diaryl/α,β-unsaturated/α-hetero) is 2. The van der Waals surface area contributed by atoms with Gasteiger partial charge in [-0.1, -0.05) is 46.9 Å². The largest absolute Gasteiger partial charge is 0.326 e. The lowest BCUT2D eigenvalue weighted by Crippen LogP contribution is -2.18. The molecule has 1 N–H and O–H groups in total. The van der Waals surface area contributed by atoms with E-state index in [1.165, 1.54) is 18.2 Å². The molecule has 3 aromatic carbocycles. The van der Waals surface area contributed by atoms with Crippen LogP contribution in [0.15, 0.2) is 49.1 Å². The summed E-state index contributed by atoms with van der Waals surface area (Å²) in [6.45, 7) is 3.42. The number of benzene rings is 3. The van der Waals surface area contributed by atoms with Gasteiger partial charge in [-0.15, -0.1) is 29.8 Å². The zero-order chi connectivity index (χ0) is 31.1. The van der Waals surface area contributed by atoms with Gasteiger partial charge in [0.2, 0.25) is 5.91 Å². The normalized spacial score (nSPS) is 17.1. The molecule has 1 amide bonds. The summed E-state index contributed by atoms with van der Waals surface area (Å²) >= 11 is 30.8. The van der Waals surface area contributed by atoms with Gasteiger partial charge in [-0.25, -0.2) is 17.6 Å². The minimum absolute atomic E-state index is 0.0502. The van der Waals surface area contributed by atoms with Gasteiger partial charge in [-0.3, -0.25) is 14.4 Å². The number of nitrogens with one attached hydrogen (secondary N) is 1. The van der Waals surface area contributed by atoms with Gasteiger partial charge in [0.05, 0.1) is 26.5 Å². The molecule has 42 heavy (non-hydrogen) atoms. The summed E-state index contributed by atoms with van der Waals surface area (Å²) in [7, 11) is 0. The Labute approximate surface area is 262 Å². The zero-order valence-electron chi connectivity index (χ0n) is 21.2. The first-order valence-corrected chi connectivity index (χ1v) is 14.0. The molecule has 3 aromatic rings. The molecule has 4 nitrogen and oxygen atoms in total. The Hall–Kier alpha value is -2.62. The molecule has 4 rings (SSSR count). The number of allylic oxidation sites excluding steroid dienone is 1. The number of hydrogen-bond acceptors (Lipinski definition) is 3. The number of halogens is 9. The Morgan fingerprint density at radius 2 is 1.55 bits per heavy atom. The molecule has 0 spiro atoms. The maximum atomic E-state index is 15.0. The van der Waals surface area contributed by atoms with Crippen molar-refractivity contribution in [2.45, 2.75) is 29.5 Å². The second kappa shape index (κ2) is 12.5. The van der Waals surface area contributed by atoms with E-state index < -0.39 is 74.5 Å². The van der Waals surface area contributed by atoms with Crippen molar-refractivity contribution in [3.05, 3.63) is 110 Å². The molecular formula is C29H18Cl5F4NO3. The maximum Gasteiger partial charge on any atom is 0.231 e. The molecule has 0 heterocycles. The molecule has 0 aromatic heterocycles. The molecule has 1 fully saturated rings. The summed E-state index contributed by atoms with van der Waals surface area (Å²) in [5.41, 5.74) is -1.71. The van der Waals surface area contributed by atoms with E-state index in [-0.39, 0.29) is 39.2 Å². The van der Waals surface area contributed by atoms with E-state index in [2.05, 4.69) is 11.9 Å². The highest BCUT2D eigenvalue weighted by Crippen LogP contribution is 2.65. The fourth-order valence-electron chi connectivity index (χ4n) is 4.55. The van der Waals surface area contributed by atoms with Crippen molar-refractivity contribution < 1.29 is 31.9 Å². The number of hydrogen-bond donors (Lipinski definition) is 1. The summed E-state index contributed by atoms with van der Waals surface area (Å²) in [4.78, 5) is 37.9. The zero-order valence-corrected chi connectivity index (χ0v) is 24.9. The van der Waals surface area contributed by atoms with Crippen molar-refractivity contribution >= 4 is 81.2 Å². The standard InChI is InChI=1S/C29H18Cl5F4NO3/c1-2-3-15(40)6-12-4-5-20(35)16(26(12)37)11-22(41)17-9-14(10-21(36)27(17)38)39-28(42)24-23(29(24,33)34)13-7-18(30)25(32)19(31)8-13/h2,4-5,7-10,23-24H,1,3,6,11H2,(H,39,42)/t23-,24+/m0/s1. The number of anilines is 1. The number of alkyl halides is 2. The monoisotopic (exact) mass is 679 g/mol. The van der Waals surface area contributed by atoms with E-state index in [0.29, 0.717) is 11.6 Å². The van der Waals surface area contributed by atoms with Crippen LogP contribution in [0.5, 0.6) is 0 Å². The quantitative estimate of drug-likeness (QED) is 0.0765. The fourth-order valence-corrected chi connectivity index (χ4v) is 5.99. The first-order valence-electron chi connectivity index (χ1n) is 12.1. The molecular weight excluding hydrogens is 664 g/mol. The van der Waals surface area contributed by atoms with Gasteiger partial charge >= 0.3 is 0 Å². The predicted octanol–water partition coefficient (Wildman–Crippen LogP) is 8.84. The highest BCUT2D eigenvalue weighted by Gasteiger charge is 2.67. The summed E-state index contributed by atoms with van der Waals surface area (Å²) in [5, 5.41) is 2.62. The van der Waals surface area contributed by atoms with E-state index in [0.717, 1.165) is 18.2 Å². The van der Waals surface area contributed by atoms with Crippen molar-refractivity contribution in [2.24, 2.45) is 5.92 Å². The second-order valence-corrected chi connectivity index (χ2v) is 12.2. The van der Waals surface area contributed by atoms with E-state index in [1.807, 2.05) is 0 Å². The Kier molecular flexibility index (Phi) is 9.65. The Morgan fingerprint density at radius 3 is 2.17 bits per heavy atom. The highest BCUT2D eigenvalue weighted by atomic mass is 35.5. The molecule has 0 bridgehead atoms. The number of amides is 1. The van der Waals surface area contributed by atoms with Gasteiger partial charge in [0.25, 0.3) is 0 Å². The lowest BCUT2D eigenvalue weighted by atomic mass is 9.97. The average molecular weight is 682 g/mol. The van der Waals surface area contributed by atoms with Gasteiger partial charge in [0.15, 0.2) is 17.4 Å². The van der Waals surface area contributed by atoms with E-state index >= 15 is 4.39 Å². The Bertz CT molecular complexity index is 1620. The van der Waals surface area contributed by atoms with Crippen LogP contribution in [0.3, 0.4) is 0 Å². The molecule has 0 unspecified atom stereocenters. The van der Waals surface area contributed by atoms with E-state index in [4.69, 9.17) is 58.0 Å². The van der Waals surface area contributed by atoms with Crippen molar-refractivity contribution in [3.63, 3.8) is 0 Å². The molecule has 220 valence electrons. The third-order valence-corrected chi connectivity index (χ3v) is 8.80. The molecule has 1 saturated carbocycles. The summed E-state index contributed by atoms with van der Waals surface area (Å²) in [5.74, 6) is -9.64. The van der Waals surface area contributed by atoms with Crippen molar-refractivity contribution in [3.8, 4) is 0 Å². The SMILES string of the molecule is C=CCC(=O)Cc1ccc(F)c(CC(=O)c2cc(NC(=O)[C@H]3[C@H](c4cc(Cl)c(Cl)c(Cl)c4)C3(Cl)Cl)cc(F)c2F)c1F. The molecule has 13 heteroatoms. The third kappa shape index (κ3) is 6.48. The van der Waals surface area contributed by atoms with Crippen molar-refractivity contribution in [1.82, 2.24) is 0 Å². The molecule has 0 aliphatic heterocycles. The molecule has 1 aliphatic rings. The van der Waals surface area contributed by atoms with Crippen LogP contribution in [0.25, 0.3) is 0 Å². The summed E-state index contributed by atoms with van der Waals surface area (Å²) < 4.78 is 57.0. The summed E-state index contributed by atoms with van der Waals surface area (Å²) in [6, 6.07) is 6.24. The highest BCUT2D eigenvalue weighted by molar-refractivity contribution is 6.54. The topological polar surface area (TPSA) is 63.2 Å². The maximum absolute atomic E-state index is 15.0. The smallest absolute Gasteiger partial charge is 0.231 e. The second-order valence-electron chi connectivity index (χ2n) is 9.54. The molecule has 0 radical (unpaired) electrons. The van der Waals surface area contributed by atoms with Crippen LogP contribution in [0, 0.1) is 29.2 Å². The van der Waals surface area contributed by atoms with Gasteiger partial charge < -0.3 is 5.32 Å². The van der Waals surface area contributed by atoms with Crippen LogP contribution in [0.1, 0.15) is 39.4 Å². The number of carbonyl (C=O) groups is 3. The lowest BCUT2D eigenvalue weighted by Gasteiger charge is -2.12. The number of carbonyl (C=O) groups excluding carboxylic acids is 3. The molecule has 0 saturated heterocycles. The molecule has 2 atom stereocenters. The fraction of sp³-hybridized carbons (Fsp3) is 0.207. The van der Waals surface area contributed by atoms with Gasteiger partial charge in [0.1, 0.15) is 21.8 Å². The Morgan fingerprint density at radius 1 is 0.905 bits per heavy atom. The van der Waals surface area contributed by atoms with Crippen LogP contribution in [0.4, 0.5) is 23.2 Å². The van der Waals surface area contributed by atoms with Crippen LogP contribution in [0.2, 0.25) is 15.1 Å². The third-order valence-electron chi connectivity index (χ3n) is 6.66. The average Bonchev–Trinajstić information content (AvgIpc) is 3.50. The van der Waals surface area contributed by atoms with Crippen molar-refractivity contribution in [2.75, 3.05) is 5.32 Å².